The van der Waals surface area contributed by atoms with Gasteiger partial charge in [-0.05, 0) is 53.9 Å². The van der Waals surface area contributed by atoms with Gasteiger partial charge in [0.1, 0.15) is 0 Å². The molecule has 0 unspecified atom stereocenters. The quantitative estimate of drug-likeness (QED) is 0.218. The minimum Gasteiger partial charge on any atom is -0.404 e. The van der Waals surface area contributed by atoms with Gasteiger partial charge < -0.3 is 4.43 Å². The summed E-state index contributed by atoms with van der Waals surface area (Å²) in [4.78, 5) is 0. The van der Waals surface area contributed by atoms with Crippen LogP contribution in [0.5, 0.6) is 0 Å². The Balaban J connectivity index is 2.51. The fourth-order valence-corrected chi connectivity index (χ4v) is 8.93. The SMILES string of the molecule is C=CCCCC(CCCC=C)O[Si](c1ccccc1)(c1ccccc1)C(C)(C)C. The number of benzene rings is 2. The van der Waals surface area contributed by atoms with Crippen LogP contribution >= 0.6 is 0 Å². The molecule has 0 fully saturated rings. The Morgan fingerprint density at radius 1 is 0.793 bits per heavy atom. The van der Waals surface area contributed by atoms with Crippen LogP contribution in [0.15, 0.2) is 86.0 Å². The molecule has 1 nitrogen and oxygen atoms in total. The summed E-state index contributed by atoms with van der Waals surface area (Å²) >= 11 is 0. The van der Waals surface area contributed by atoms with Crippen molar-refractivity contribution in [3.63, 3.8) is 0 Å². The fourth-order valence-electron chi connectivity index (χ4n) is 4.18. The third kappa shape index (κ3) is 6.04. The molecule has 2 rings (SSSR count). The zero-order valence-corrected chi connectivity index (χ0v) is 19.6. The van der Waals surface area contributed by atoms with Crippen LogP contribution < -0.4 is 10.4 Å². The van der Waals surface area contributed by atoms with Gasteiger partial charge in [0, 0.05) is 6.10 Å². The van der Waals surface area contributed by atoms with Crippen LogP contribution in [-0.2, 0) is 4.43 Å². The summed E-state index contributed by atoms with van der Waals surface area (Å²) in [5, 5.41) is 2.73. The fraction of sp³-hybridized carbons (Fsp3) is 0.407. The van der Waals surface area contributed by atoms with E-state index in [1.165, 1.54) is 10.4 Å². The molecule has 0 saturated carbocycles. The molecule has 2 aromatic rings. The largest absolute Gasteiger partial charge is 0.404 e. The highest BCUT2D eigenvalue weighted by Gasteiger charge is 2.51. The Labute approximate surface area is 179 Å². The summed E-state index contributed by atoms with van der Waals surface area (Å²) in [6.45, 7) is 14.8. The van der Waals surface area contributed by atoms with Gasteiger partial charge in [-0.15, -0.1) is 13.2 Å². The predicted molar refractivity (Wildman–Crippen MR) is 131 cm³/mol. The van der Waals surface area contributed by atoms with Gasteiger partial charge in [-0.25, -0.2) is 0 Å². The van der Waals surface area contributed by atoms with Crippen LogP contribution in [-0.4, -0.2) is 14.4 Å². The number of hydrogen-bond acceptors (Lipinski definition) is 1. The van der Waals surface area contributed by atoms with Crippen LogP contribution in [0.3, 0.4) is 0 Å². The highest BCUT2D eigenvalue weighted by Crippen LogP contribution is 2.38. The molecule has 0 heterocycles. The van der Waals surface area contributed by atoms with Crippen LogP contribution in [0, 0.1) is 0 Å². The summed E-state index contributed by atoms with van der Waals surface area (Å²) < 4.78 is 7.34. The predicted octanol–water partition coefficient (Wildman–Crippen LogP) is 6.64. The van der Waals surface area contributed by atoms with Crippen molar-refractivity contribution >= 4 is 18.7 Å². The molecule has 2 aromatic carbocycles. The van der Waals surface area contributed by atoms with E-state index in [1.807, 2.05) is 12.2 Å². The summed E-state index contributed by atoms with van der Waals surface area (Å²) in [5.74, 6) is 0. The average Bonchev–Trinajstić information content (AvgIpc) is 2.72. The molecule has 0 aliphatic carbocycles. The first-order valence-corrected chi connectivity index (χ1v) is 12.9. The first-order chi connectivity index (χ1) is 14.0. The Morgan fingerprint density at radius 3 is 1.55 bits per heavy atom. The zero-order chi connectivity index (χ0) is 21.2. The minimum absolute atomic E-state index is 0.0187. The van der Waals surface area contributed by atoms with Gasteiger partial charge in [0.2, 0.25) is 0 Å². The Kier molecular flexibility index (Phi) is 9.13. The molecule has 0 aromatic heterocycles. The van der Waals surface area contributed by atoms with Crippen LogP contribution in [0.1, 0.15) is 59.3 Å². The van der Waals surface area contributed by atoms with Gasteiger partial charge in [0.05, 0.1) is 0 Å². The number of allylic oxidation sites excluding steroid dienone is 2. The van der Waals surface area contributed by atoms with Gasteiger partial charge in [-0.2, -0.15) is 0 Å². The molecular weight excluding hydrogens is 368 g/mol. The molecule has 0 N–H and O–H groups in total. The molecule has 0 aliphatic rings. The first-order valence-electron chi connectivity index (χ1n) is 11.0. The molecular formula is C27H38OSi. The van der Waals surface area contributed by atoms with E-state index < -0.39 is 8.32 Å². The third-order valence-corrected chi connectivity index (χ3v) is 10.7. The van der Waals surface area contributed by atoms with Gasteiger partial charge >= 0.3 is 0 Å². The molecule has 156 valence electrons. The highest BCUT2D eigenvalue weighted by atomic mass is 28.4. The maximum Gasteiger partial charge on any atom is 0.261 e. The monoisotopic (exact) mass is 406 g/mol. The van der Waals surface area contributed by atoms with Crippen molar-refractivity contribution in [2.45, 2.75) is 70.4 Å². The molecule has 0 amide bonds. The lowest BCUT2D eigenvalue weighted by Gasteiger charge is -2.45. The van der Waals surface area contributed by atoms with E-state index in [1.54, 1.807) is 0 Å². The van der Waals surface area contributed by atoms with Crippen molar-refractivity contribution in [3.8, 4) is 0 Å². The second kappa shape index (κ2) is 11.3. The van der Waals surface area contributed by atoms with Crippen molar-refractivity contribution in [2.24, 2.45) is 0 Å². The van der Waals surface area contributed by atoms with E-state index in [-0.39, 0.29) is 11.1 Å². The van der Waals surface area contributed by atoms with E-state index in [2.05, 4.69) is 94.6 Å². The summed E-state index contributed by atoms with van der Waals surface area (Å²) in [6, 6.07) is 21.9. The lowest BCUT2D eigenvalue weighted by Crippen LogP contribution is -2.67. The smallest absolute Gasteiger partial charge is 0.261 e. The van der Waals surface area contributed by atoms with Crippen molar-refractivity contribution < 1.29 is 4.43 Å². The molecule has 0 radical (unpaired) electrons. The Bertz CT molecular complexity index is 677. The lowest BCUT2D eigenvalue weighted by molar-refractivity contribution is 0.163. The maximum absolute atomic E-state index is 7.34. The van der Waals surface area contributed by atoms with Crippen LogP contribution in [0.2, 0.25) is 5.04 Å². The van der Waals surface area contributed by atoms with Gasteiger partial charge in [-0.3, -0.25) is 0 Å². The van der Waals surface area contributed by atoms with Crippen molar-refractivity contribution in [1.29, 1.82) is 0 Å². The molecule has 0 bridgehead atoms. The van der Waals surface area contributed by atoms with E-state index in [9.17, 15) is 0 Å². The summed E-state index contributed by atoms with van der Waals surface area (Å²) in [6.07, 6.45) is 10.8. The van der Waals surface area contributed by atoms with E-state index in [0.29, 0.717) is 0 Å². The Hall–Kier alpha value is -1.90. The summed E-state index contributed by atoms with van der Waals surface area (Å²) in [7, 11) is -2.48. The third-order valence-electron chi connectivity index (χ3n) is 5.63. The first kappa shape index (κ1) is 23.4. The number of hydrogen-bond donors (Lipinski definition) is 0. The lowest BCUT2D eigenvalue weighted by atomic mass is 10.1. The normalized spacial score (nSPS) is 12.1. The highest BCUT2D eigenvalue weighted by molar-refractivity contribution is 6.99. The average molecular weight is 407 g/mol. The van der Waals surface area contributed by atoms with E-state index in [4.69, 9.17) is 4.43 Å². The standard InChI is InChI=1S/C27H38OSi/c1-6-8-12-18-24(19-13-9-7-2)28-29(27(3,4)5,25-20-14-10-15-21-25)26-22-16-11-17-23-26/h6-7,10-11,14-17,20-24H,1-2,8-9,12-13,18-19H2,3-5H3. The molecule has 0 aliphatic heterocycles. The molecule has 0 spiro atoms. The van der Waals surface area contributed by atoms with E-state index >= 15 is 0 Å². The number of rotatable bonds is 12. The second-order valence-corrected chi connectivity index (χ2v) is 13.1. The number of unbranched alkanes of at least 4 members (excludes halogenated alkanes) is 2. The zero-order valence-electron chi connectivity index (χ0n) is 18.6. The Morgan fingerprint density at radius 2 is 1.21 bits per heavy atom. The van der Waals surface area contributed by atoms with Crippen LogP contribution in [0.4, 0.5) is 0 Å². The van der Waals surface area contributed by atoms with E-state index in [0.717, 1.165) is 38.5 Å². The second-order valence-electron chi connectivity index (χ2n) is 8.84. The topological polar surface area (TPSA) is 9.23 Å². The molecule has 29 heavy (non-hydrogen) atoms. The van der Waals surface area contributed by atoms with Gasteiger partial charge in [0.25, 0.3) is 8.32 Å². The van der Waals surface area contributed by atoms with Crippen molar-refractivity contribution in [1.82, 2.24) is 0 Å². The summed E-state index contributed by atoms with van der Waals surface area (Å²) in [5.41, 5.74) is 0. The van der Waals surface area contributed by atoms with Crippen LogP contribution in [0.25, 0.3) is 0 Å². The van der Waals surface area contributed by atoms with Crippen molar-refractivity contribution in [2.75, 3.05) is 0 Å². The molecule has 0 saturated heterocycles. The molecule has 0 atom stereocenters. The van der Waals surface area contributed by atoms with Gasteiger partial charge in [-0.1, -0.05) is 93.6 Å². The molecule has 2 heteroatoms. The van der Waals surface area contributed by atoms with Crippen molar-refractivity contribution in [3.05, 3.63) is 86.0 Å². The van der Waals surface area contributed by atoms with Gasteiger partial charge in [0.15, 0.2) is 0 Å². The maximum atomic E-state index is 7.34. The minimum atomic E-state index is -2.48.